The molecule has 1 aliphatic heterocycles. The van der Waals surface area contributed by atoms with E-state index >= 15 is 0 Å². The molecule has 0 bridgehead atoms. The number of nitrogens with zero attached hydrogens (tertiary/aromatic N) is 7. The Morgan fingerprint density at radius 1 is 1.33 bits per heavy atom. The van der Waals surface area contributed by atoms with Gasteiger partial charge in [0.05, 0.1) is 29.5 Å². The Hall–Kier alpha value is -3.50. The smallest absolute Gasteiger partial charge is 0.279 e. The van der Waals surface area contributed by atoms with Crippen LogP contribution in [0.1, 0.15) is 18.7 Å². The lowest BCUT2D eigenvalue weighted by Crippen LogP contribution is -2.37. The van der Waals surface area contributed by atoms with Crippen LogP contribution in [0.15, 0.2) is 37.1 Å². The van der Waals surface area contributed by atoms with Crippen molar-refractivity contribution in [2.75, 3.05) is 18.0 Å². The van der Waals surface area contributed by atoms with Gasteiger partial charge in [-0.05, 0) is 30.9 Å². The molecule has 11 heteroatoms. The number of rotatable bonds is 7. The van der Waals surface area contributed by atoms with Gasteiger partial charge in [0.1, 0.15) is 18.0 Å². The van der Waals surface area contributed by atoms with Gasteiger partial charge >= 0.3 is 0 Å². The monoisotopic (exact) mass is 413 g/mol. The summed E-state index contributed by atoms with van der Waals surface area (Å²) in [6, 6.07) is 1.89. The highest BCUT2D eigenvalue weighted by Crippen LogP contribution is 2.25. The minimum atomic E-state index is -2.81. The number of anilines is 1. The Balaban J connectivity index is 1.45. The van der Waals surface area contributed by atoms with Crippen molar-refractivity contribution in [3.8, 4) is 11.4 Å². The molecule has 30 heavy (non-hydrogen) atoms. The molecule has 1 unspecified atom stereocenters. The quantitative estimate of drug-likeness (QED) is 0.576. The predicted octanol–water partition coefficient (Wildman–Crippen LogP) is 2.67. The molecule has 1 aliphatic rings. The average molecular weight is 413 g/mol. The zero-order valence-corrected chi connectivity index (χ0v) is 16.1. The van der Waals surface area contributed by atoms with E-state index in [0.29, 0.717) is 23.1 Å². The topological polar surface area (TPSA) is 112 Å². The van der Waals surface area contributed by atoms with E-state index < -0.39 is 12.1 Å². The van der Waals surface area contributed by atoms with Gasteiger partial charge in [0.25, 0.3) is 6.43 Å². The van der Waals surface area contributed by atoms with Gasteiger partial charge in [-0.3, -0.25) is 10.1 Å². The lowest BCUT2D eigenvalue weighted by molar-refractivity contribution is 0.226. The fraction of sp³-hybridized carbons (Fsp3) is 0.368. The summed E-state index contributed by atoms with van der Waals surface area (Å²) in [4.78, 5) is 18.1. The van der Waals surface area contributed by atoms with E-state index in [1.807, 2.05) is 16.9 Å². The number of hydrogen-bond acceptors (Lipinski definition) is 7. The van der Waals surface area contributed by atoms with Crippen molar-refractivity contribution < 1.29 is 8.78 Å². The molecule has 2 N–H and O–H groups in total. The number of aromatic amines is 1. The summed E-state index contributed by atoms with van der Waals surface area (Å²) in [5.74, 6) is 1.66. The first-order chi connectivity index (χ1) is 14.6. The highest BCUT2D eigenvalue weighted by atomic mass is 19.3. The summed E-state index contributed by atoms with van der Waals surface area (Å²) < 4.78 is 26.7. The maximum absolute atomic E-state index is 12.4. The van der Waals surface area contributed by atoms with Crippen LogP contribution in [0.25, 0.3) is 17.5 Å². The lowest BCUT2D eigenvalue weighted by Gasteiger charge is -2.33. The molecule has 4 heterocycles. The lowest BCUT2D eigenvalue weighted by atomic mass is 9.98. The normalized spacial score (nSPS) is 17.2. The van der Waals surface area contributed by atoms with E-state index in [9.17, 15) is 8.78 Å². The van der Waals surface area contributed by atoms with E-state index in [4.69, 9.17) is 5.41 Å². The van der Waals surface area contributed by atoms with Crippen LogP contribution < -0.4 is 4.90 Å². The molecular formula is C19H21F2N9. The van der Waals surface area contributed by atoms with Gasteiger partial charge in [-0.25, -0.2) is 23.7 Å². The molecule has 9 nitrogen and oxygen atoms in total. The third-order valence-electron chi connectivity index (χ3n) is 4.94. The molecule has 4 rings (SSSR count). The molecule has 1 atom stereocenters. The fourth-order valence-electron chi connectivity index (χ4n) is 3.48. The van der Waals surface area contributed by atoms with Crippen LogP contribution in [-0.4, -0.2) is 60.2 Å². The Morgan fingerprint density at radius 3 is 3.03 bits per heavy atom. The Kier molecular flexibility index (Phi) is 5.87. The summed E-state index contributed by atoms with van der Waals surface area (Å²) in [6.45, 7) is 2.60. The van der Waals surface area contributed by atoms with Crippen LogP contribution in [0, 0.1) is 11.3 Å². The Morgan fingerprint density at radius 2 is 2.23 bits per heavy atom. The van der Waals surface area contributed by atoms with Crippen molar-refractivity contribution in [1.29, 1.82) is 5.41 Å². The van der Waals surface area contributed by atoms with Gasteiger partial charge in [-0.15, -0.1) is 5.10 Å². The molecule has 0 radical (unpaired) electrons. The van der Waals surface area contributed by atoms with Crippen molar-refractivity contribution in [3.63, 3.8) is 0 Å². The van der Waals surface area contributed by atoms with Gasteiger partial charge in [-0.1, -0.05) is 5.21 Å². The third-order valence-corrected chi connectivity index (χ3v) is 4.94. The molecule has 1 saturated heterocycles. The third kappa shape index (κ3) is 4.73. The Labute approximate surface area is 171 Å². The number of nitrogens with one attached hydrogen (secondary N) is 2. The maximum atomic E-state index is 12.4. The largest absolute Gasteiger partial charge is 0.356 e. The number of imidazole rings is 1. The average Bonchev–Trinajstić information content (AvgIpc) is 3.44. The second kappa shape index (κ2) is 8.89. The standard InChI is InChI=1S/C19H21F2N9/c20-19(21)14(22)3-4-17-23-9-16(27-17)15-8-18(25-12-24-15)29-6-1-2-13(10-29)11-30-7-5-26-28-30/h3-5,7-9,12-13,19,22H,1-2,6,10-11H2,(H,23,27)/b4-3-,22-14?. The molecule has 1 fully saturated rings. The summed E-state index contributed by atoms with van der Waals surface area (Å²) >= 11 is 0. The fourth-order valence-corrected chi connectivity index (χ4v) is 3.48. The molecular weight excluding hydrogens is 392 g/mol. The second-order valence-electron chi connectivity index (χ2n) is 7.11. The van der Waals surface area contributed by atoms with Crippen molar-refractivity contribution in [1.82, 2.24) is 34.9 Å². The van der Waals surface area contributed by atoms with Crippen LogP contribution in [0.2, 0.25) is 0 Å². The summed E-state index contributed by atoms with van der Waals surface area (Å²) in [5, 5.41) is 15.1. The molecule has 3 aromatic heterocycles. The van der Waals surface area contributed by atoms with E-state index in [1.165, 1.54) is 12.4 Å². The zero-order chi connectivity index (χ0) is 20.9. The number of allylic oxidation sites excluding steroid dienone is 1. The molecule has 0 saturated carbocycles. The molecule has 3 aromatic rings. The molecule has 0 spiro atoms. The first kappa shape index (κ1) is 19.8. The van der Waals surface area contributed by atoms with Gasteiger partial charge < -0.3 is 9.88 Å². The molecule has 0 amide bonds. The van der Waals surface area contributed by atoms with E-state index in [2.05, 4.69) is 35.1 Å². The number of H-pyrrole nitrogens is 1. The highest BCUT2D eigenvalue weighted by Gasteiger charge is 2.22. The molecule has 0 aromatic carbocycles. The molecule has 156 valence electrons. The number of alkyl halides is 2. The van der Waals surface area contributed by atoms with Crippen molar-refractivity contribution in [3.05, 3.63) is 42.9 Å². The first-order valence-electron chi connectivity index (χ1n) is 9.59. The maximum Gasteiger partial charge on any atom is 0.279 e. The second-order valence-corrected chi connectivity index (χ2v) is 7.11. The summed E-state index contributed by atoms with van der Waals surface area (Å²) in [6.07, 6.45) is 8.40. The van der Waals surface area contributed by atoms with Crippen LogP contribution in [0.4, 0.5) is 14.6 Å². The molecule has 0 aliphatic carbocycles. The van der Waals surface area contributed by atoms with E-state index in [-0.39, 0.29) is 0 Å². The number of hydrogen-bond donors (Lipinski definition) is 2. The number of aromatic nitrogens is 7. The minimum Gasteiger partial charge on any atom is -0.356 e. The van der Waals surface area contributed by atoms with Crippen molar-refractivity contribution in [2.24, 2.45) is 5.92 Å². The van der Waals surface area contributed by atoms with Crippen molar-refractivity contribution in [2.45, 2.75) is 25.8 Å². The van der Waals surface area contributed by atoms with Crippen LogP contribution in [0.3, 0.4) is 0 Å². The predicted molar refractivity (Wildman–Crippen MR) is 107 cm³/mol. The van der Waals surface area contributed by atoms with Crippen LogP contribution in [0.5, 0.6) is 0 Å². The van der Waals surface area contributed by atoms with Gasteiger partial charge in [0.15, 0.2) is 0 Å². The van der Waals surface area contributed by atoms with Crippen LogP contribution in [-0.2, 0) is 6.54 Å². The number of halogens is 2. The zero-order valence-electron chi connectivity index (χ0n) is 16.1. The summed E-state index contributed by atoms with van der Waals surface area (Å²) in [7, 11) is 0. The Bertz CT molecular complexity index is 1010. The van der Waals surface area contributed by atoms with Gasteiger partial charge in [0.2, 0.25) is 0 Å². The first-order valence-corrected chi connectivity index (χ1v) is 9.59. The SMILES string of the molecule is N=C(/C=C\c1ncc(-c2cc(N3CCCC(Cn4ccnn4)C3)ncn2)[nH]1)C(F)F. The highest BCUT2D eigenvalue weighted by molar-refractivity contribution is 5.97. The van der Waals surface area contributed by atoms with E-state index in [1.54, 1.807) is 12.4 Å². The van der Waals surface area contributed by atoms with Crippen LogP contribution >= 0.6 is 0 Å². The van der Waals surface area contributed by atoms with E-state index in [0.717, 1.165) is 44.4 Å². The van der Waals surface area contributed by atoms with Gasteiger partial charge in [0, 0.05) is 31.9 Å². The minimum absolute atomic E-state index is 0.376. The van der Waals surface area contributed by atoms with Crippen molar-refractivity contribution >= 4 is 17.6 Å². The van der Waals surface area contributed by atoms with Gasteiger partial charge in [-0.2, -0.15) is 0 Å². The number of piperidine rings is 1. The summed E-state index contributed by atoms with van der Waals surface area (Å²) in [5.41, 5.74) is 0.551.